The minimum atomic E-state index is -1.21. The van der Waals surface area contributed by atoms with Crippen LogP contribution in [0.5, 0.6) is 5.75 Å². The first kappa shape index (κ1) is 20.9. The molecule has 0 amide bonds. The number of nitrogens with zero attached hydrogens (tertiary/aromatic N) is 3. The molecule has 0 spiro atoms. The monoisotopic (exact) mass is 391 g/mol. The molecule has 0 aliphatic carbocycles. The van der Waals surface area contributed by atoms with E-state index in [0.717, 1.165) is 0 Å². The molecule has 20 heavy (non-hydrogen) atoms. The Morgan fingerprint density at radius 3 is 1.45 bits per heavy atom. The van der Waals surface area contributed by atoms with Gasteiger partial charge in [0.15, 0.2) is 0 Å². The number of rotatable bonds is 3. The van der Waals surface area contributed by atoms with Crippen LogP contribution in [0.15, 0.2) is 12.1 Å². The van der Waals surface area contributed by atoms with Gasteiger partial charge in [-0.3, -0.25) is 30.3 Å². The van der Waals surface area contributed by atoms with E-state index in [1.165, 1.54) is 0 Å². The molecule has 0 atom stereocenters. The number of hydrogen-bond acceptors (Lipinski definition) is 7. The molecule has 0 fully saturated rings. The average molecular weight is 392 g/mol. The van der Waals surface area contributed by atoms with Crippen molar-refractivity contribution in [1.82, 2.24) is 0 Å². The minimum absolute atomic E-state index is 0. The molecule has 0 aromatic heterocycles. The Morgan fingerprint density at radius 2 is 1.25 bits per heavy atom. The number of aromatic hydroxyl groups is 1. The first-order valence-corrected chi connectivity index (χ1v) is 6.95. The molecule has 0 radical (unpaired) electrons. The summed E-state index contributed by atoms with van der Waals surface area (Å²) in [6.45, 7) is 0. The van der Waals surface area contributed by atoms with Crippen LogP contribution in [0.25, 0.3) is 0 Å². The van der Waals surface area contributed by atoms with Gasteiger partial charge in [0.1, 0.15) is 0 Å². The number of nitro groups is 3. The number of nitro benzene ring substituents is 3. The Morgan fingerprint density at radius 1 is 0.950 bits per heavy atom. The molecular formula is C6H4Cl3FeN3O7. The molecule has 1 N–H and O–H groups in total. The topological polar surface area (TPSA) is 150 Å². The molecule has 0 unspecified atom stereocenters. The van der Waals surface area contributed by atoms with Crippen LogP contribution in [0.4, 0.5) is 17.1 Å². The van der Waals surface area contributed by atoms with Gasteiger partial charge in [0.2, 0.25) is 0 Å². The van der Waals surface area contributed by atoms with Crippen molar-refractivity contribution >= 4 is 49.7 Å². The van der Waals surface area contributed by atoms with Crippen molar-refractivity contribution < 1.29 is 33.0 Å². The van der Waals surface area contributed by atoms with E-state index in [4.69, 9.17) is 25.3 Å². The van der Waals surface area contributed by atoms with Crippen LogP contribution in [-0.2, 0) is 13.1 Å². The van der Waals surface area contributed by atoms with Gasteiger partial charge in [-0.05, 0) is 0 Å². The third-order valence-corrected chi connectivity index (χ3v) is 1.66. The van der Waals surface area contributed by atoms with Gasteiger partial charge in [-0.25, -0.2) is 0 Å². The van der Waals surface area contributed by atoms with Crippen LogP contribution < -0.4 is 0 Å². The Labute approximate surface area is 131 Å². The Balaban J connectivity index is 0. The van der Waals surface area contributed by atoms with Crippen molar-refractivity contribution in [3.05, 3.63) is 42.5 Å². The summed E-state index contributed by atoms with van der Waals surface area (Å²) < 4.78 is 0. The second kappa shape index (κ2) is 9.50. The van der Waals surface area contributed by atoms with Crippen LogP contribution in [-0.4, -0.2) is 19.9 Å². The summed E-state index contributed by atoms with van der Waals surface area (Å²) in [6, 6.07) is 0.894. The molecule has 0 aliphatic rings. The predicted octanol–water partition coefficient (Wildman–Crippen LogP) is 2.92. The van der Waals surface area contributed by atoms with E-state index in [0.29, 0.717) is 12.1 Å². The van der Waals surface area contributed by atoms with E-state index in [9.17, 15) is 30.3 Å². The Kier molecular flexibility index (Phi) is 9.94. The molecule has 1 aromatic rings. The maximum atomic E-state index is 10.4. The summed E-state index contributed by atoms with van der Waals surface area (Å²) in [7, 11) is 9.53. The van der Waals surface area contributed by atoms with Crippen molar-refractivity contribution in [2.45, 2.75) is 0 Å². The fourth-order valence-corrected chi connectivity index (χ4v) is 0.974. The van der Waals surface area contributed by atoms with E-state index >= 15 is 0 Å². The molecule has 1 rings (SSSR count). The van der Waals surface area contributed by atoms with Crippen molar-refractivity contribution in [2.75, 3.05) is 0 Å². The maximum absolute atomic E-state index is 10.4. The fraction of sp³-hybridized carbons (Fsp3) is 0. The second-order valence-electron chi connectivity index (χ2n) is 2.65. The van der Waals surface area contributed by atoms with Gasteiger partial charge in [-0.2, -0.15) is 0 Å². The molecule has 114 valence electrons. The molecule has 1 aromatic carbocycles. The predicted molar refractivity (Wildman–Crippen MR) is 67.0 cm³/mol. The van der Waals surface area contributed by atoms with E-state index in [1.54, 1.807) is 0 Å². The summed E-state index contributed by atoms with van der Waals surface area (Å²) in [6.07, 6.45) is 0. The van der Waals surface area contributed by atoms with Gasteiger partial charge in [-0.1, -0.05) is 0 Å². The summed E-state index contributed by atoms with van der Waals surface area (Å²) in [5, 5.41) is 40.2. The third kappa shape index (κ3) is 5.72. The molecule has 0 aliphatic heterocycles. The van der Waals surface area contributed by atoms with Crippen LogP contribution in [0.2, 0.25) is 0 Å². The molecule has 14 heteroatoms. The molecule has 0 saturated heterocycles. The normalized spacial score (nSPS) is 8.90. The number of hydrogen-bond donors (Lipinski definition) is 1. The van der Waals surface area contributed by atoms with Crippen LogP contribution in [0.3, 0.4) is 0 Å². The molecule has 0 saturated carbocycles. The van der Waals surface area contributed by atoms with Crippen molar-refractivity contribution in [2.24, 2.45) is 0 Å². The Hall–Kier alpha value is -1.39. The van der Waals surface area contributed by atoms with E-state index < -0.39 is 37.6 Å². The summed E-state index contributed by atoms with van der Waals surface area (Å²) in [4.78, 5) is 27.8. The summed E-state index contributed by atoms with van der Waals surface area (Å²) in [5.74, 6) is -1.21. The standard InChI is InChI=1S/C6H3N3O7.3ClH.Fe/c10-6-4(8(13)14)1-3(7(11)12)2-5(6)9(15)16;;;;/h1-2,10H;3*1H;/q;;;;+2/p-2. The molecule has 0 bridgehead atoms. The van der Waals surface area contributed by atoms with Gasteiger partial charge in [-0.15, -0.1) is 12.4 Å². The zero-order valence-electron chi connectivity index (χ0n) is 8.91. The quantitative estimate of drug-likeness (QED) is 0.472. The number of non-ortho nitro benzene ring substituents is 1. The summed E-state index contributed by atoms with van der Waals surface area (Å²) >= 11 is 0.194. The number of benzene rings is 1. The first-order chi connectivity index (χ1) is 8.76. The Bertz CT molecular complexity index is 494. The van der Waals surface area contributed by atoms with E-state index in [2.05, 4.69) is 0 Å². The number of halogens is 3. The van der Waals surface area contributed by atoms with Crippen molar-refractivity contribution in [1.29, 1.82) is 0 Å². The van der Waals surface area contributed by atoms with Crippen molar-refractivity contribution in [3.63, 3.8) is 0 Å². The second-order valence-corrected chi connectivity index (χ2v) is 4.48. The van der Waals surface area contributed by atoms with Gasteiger partial charge < -0.3 is 5.11 Å². The van der Waals surface area contributed by atoms with E-state index in [-0.39, 0.29) is 25.5 Å². The van der Waals surface area contributed by atoms with Gasteiger partial charge in [0.05, 0.1) is 26.9 Å². The zero-order valence-corrected chi connectivity index (χ0v) is 12.3. The third-order valence-electron chi connectivity index (χ3n) is 1.66. The van der Waals surface area contributed by atoms with Crippen LogP contribution >= 0.6 is 32.6 Å². The number of phenols is 1. The van der Waals surface area contributed by atoms with Gasteiger partial charge in [0, 0.05) is 0 Å². The molecule has 0 heterocycles. The van der Waals surface area contributed by atoms with Crippen LogP contribution in [0, 0.1) is 30.3 Å². The van der Waals surface area contributed by atoms with Gasteiger partial charge in [0.25, 0.3) is 11.4 Å². The van der Waals surface area contributed by atoms with Crippen LogP contribution in [0.1, 0.15) is 0 Å². The van der Waals surface area contributed by atoms with E-state index in [1.807, 2.05) is 0 Å². The SMILES string of the molecule is Cl.O=[N+]([O-])c1cc([N+](=O)[O-])c(O)c([N+](=O)[O-])c1.[Cl][Fe][Cl]. The van der Waals surface area contributed by atoms with Gasteiger partial charge >= 0.3 is 44.7 Å². The van der Waals surface area contributed by atoms with Crippen molar-refractivity contribution in [3.8, 4) is 5.75 Å². The number of phenolic OH excluding ortho intramolecular Hbond substituents is 1. The molecular weight excluding hydrogens is 388 g/mol. The zero-order chi connectivity index (χ0) is 15.2. The first-order valence-electron chi connectivity index (χ1n) is 3.91. The molecule has 10 nitrogen and oxygen atoms in total. The summed E-state index contributed by atoms with van der Waals surface area (Å²) in [5.41, 5.74) is -3.00. The average Bonchev–Trinajstić information content (AvgIpc) is 2.29. The fourth-order valence-electron chi connectivity index (χ4n) is 0.974.